The van der Waals surface area contributed by atoms with Crippen LogP contribution in [0, 0.1) is 50.7 Å². The van der Waals surface area contributed by atoms with Gasteiger partial charge in [-0.15, -0.1) is 0 Å². The molecule has 0 aromatic rings. The maximum atomic E-state index is 10.6. The first-order valence-electron chi connectivity index (χ1n) is 47.1. The standard InChI is InChI=1S/2C29H72O6Si6.C27H68O6Si6/c1-27(2,25-40(17,32-36(5,6)7)33-37(8,9)10)19-21-29(23-30,24-31)22-20-28(3,4)26-41(18,34-38(11,12)13)35-39(14,15)16;1-27(23-40(15,32-36(3,4)5)33-37(6,7)8)19-17-21-29(25-30,26-31)22-18-20-28(2)24-41(16,34-38(9,10)11)35-39(12,13)14;1-25(21-38(15,30-34(3,4)5)31-35(6,7)8)17-19-27(23-28,24-29)20-18-26(2)22-39(16,32-36(9,10)11)33-37(12,13)14/h30-31H,19-26H2,1-18H3;27-28,30-31H,17-26H2,1-16H3;25-26,28-29H,17-24H2,1-16H3. The van der Waals surface area contributed by atoms with Gasteiger partial charge >= 0.3 is 51.4 Å². The summed E-state index contributed by atoms with van der Waals surface area (Å²) in [5.74, 6) is 1.81. The first-order chi connectivity index (χ1) is 53.1. The molecular formula is C85H212O18Si18. The number of hydrogen-bond acceptors (Lipinski definition) is 18. The molecule has 0 amide bonds. The highest BCUT2D eigenvalue weighted by Crippen LogP contribution is 2.46. The predicted molar refractivity (Wildman–Crippen MR) is 570 cm³/mol. The summed E-state index contributed by atoms with van der Waals surface area (Å²) in [4.78, 5) is 0. The molecule has 4 atom stereocenters. The number of aliphatic hydroxyl groups is 6. The van der Waals surface area contributed by atoms with Crippen LogP contribution in [0.4, 0.5) is 0 Å². The van der Waals surface area contributed by atoms with Crippen LogP contribution in [0.5, 0.6) is 0 Å². The normalized spacial score (nSPS) is 16.1. The van der Waals surface area contributed by atoms with E-state index in [2.05, 4.69) is 330 Å². The van der Waals surface area contributed by atoms with Gasteiger partial charge < -0.3 is 80.0 Å². The zero-order valence-corrected chi connectivity index (χ0v) is 108. The quantitative estimate of drug-likeness (QED) is 0.0311. The van der Waals surface area contributed by atoms with Gasteiger partial charge in [0.2, 0.25) is 0 Å². The summed E-state index contributed by atoms with van der Waals surface area (Å²) >= 11 is 0. The Balaban J connectivity index is -0.00000173. The van der Waals surface area contributed by atoms with Crippen LogP contribution in [0.3, 0.4) is 0 Å². The fourth-order valence-corrected chi connectivity index (χ4v) is 97.6. The monoisotopic (exact) mass is 2030 g/mol. The molecule has 0 aliphatic rings. The Labute approximate surface area is 771 Å². The van der Waals surface area contributed by atoms with Crippen LogP contribution in [0.2, 0.25) is 311 Å². The van der Waals surface area contributed by atoms with Crippen LogP contribution >= 0.6 is 0 Å². The highest BCUT2D eigenvalue weighted by Gasteiger charge is 2.51. The van der Waals surface area contributed by atoms with Crippen molar-refractivity contribution in [3.05, 3.63) is 0 Å². The van der Waals surface area contributed by atoms with E-state index in [0.717, 1.165) is 126 Å². The lowest BCUT2D eigenvalue weighted by atomic mass is 9.73. The van der Waals surface area contributed by atoms with Crippen molar-refractivity contribution in [1.29, 1.82) is 0 Å². The third-order valence-electron chi connectivity index (χ3n) is 20.6. The first kappa shape index (κ1) is 128. The van der Waals surface area contributed by atoms with Crippen molar-refractivity contribution in [3.63, 3.8) is 0 Å². The molecule has 0 radical (unpaired) electrons. The molecule has 0 aliphatic carbocycles. The molecule has 0 fully saturated rings. The zero-order chi connectivity index (χ0) is 96.7. The predicted octanol–water partition coefficient (Wildman–Crippen LogP) is 26.6. The molecule has 0 aromatic carbocycles. The second-order valence-electron chi connectivity index (χ2n) is 52.6. The molecule has 0 saturated carbocycles. The van der Waals surface area contributed by atoms with Gasteiger partial charge in [0.25, 0.3) is 0 Å². The summed E-state index contributed by atoms with van der Waals surface area (Å²) in [6, 6.07) is 5.75. The van der Waals surface area contributed by atoms with E-state index in [1.54, 1.807) is 0 Å². The highest BCUT2D eigenvalue weighted by molar-refractivity contribution is 6.92. The summed E-state index contributed by atoms with van der Waals surface area (Å²) < 4.78 is 81.0. The third kappa shape index (κ3) is 66.3. The Kier molecular flexibility index (Phi) is 53.4. The van der Waals surface area contributed by atoms with Gasteiger partial charge in [0.15, 0.2) is 99.8 Å². The van der Waals surface area contributed by atoms with Gasteiger partial charge in [0, 0.05) is 16.2 Å². The average molecular weight is 2030 g/mol. The maximum Gasteiger partial charge on any atom is 0.314 e. The minimum absolute atomic E-state index is 0.00727. The van der Waals surface area contributed by atoms with Crippen molar-refractivity contribution in [2.24, 2.45) is 50.7 Å². The molecule has 0 aliphatic heterocycles. The van der Waals surface area contributed by atoms with Gasteiger partial charge in [-0.25, -0.2) is 0 Å². The van der Waals surface area contributed by atoms with Crippen molar-refractivity contribution in [2.75, 3.05) is 39.6 Å². The molecule has 0 saturated heterocycles. The van der Waals surface area contributed by atoms with Crippen LogP contribution in [0.1, 0.15) is 145 Å². The van der Waals surface area contributed by atoms with Crippen LogP contribution in [-0.2, 0) is 49.4 Å². The van der Waals surface area contributed by atoms with E-state index in [1.807, 2.05) is 0 Å². The Morgan fingerprint density at radius 1 is 0.190 bits per heavy atom. The summed E-state index contributed by atoms with van der Waals surface area (Å²) in [5, 5.41) is 62.9. The lowest BCUT2D eigenvalue weighted by molar-refractivity contribution is 0.0215. The summed E-state index contributed by atoms with van der Waals surface area (Å²) in [6.07, 6.45) is 12.7. The average Bonchev–Trinajstić information content (AvgIpc) is 0.786. The molecule has 0 rings (SSSR count). The molecule has 732 valence electrons. The van der Waals surface area contributed by atoms with E-state index in [0.29, 0.717) is 23.7 Å². The lowest BCUT2D eigenvalue weighted by Crippen LogP contribution is -2.54. The van der Waals surface area contributed by atoms with Gasteiger partial charge in [-0.3, -0.25) is 0 Å². The Morgan fingerprint density at radius 2 is 0.331 bits per heavy atom. The Bertz CT molecular complexity index is 2560. The number of hydrogen-bond donors (Lipinski definition) is 6. The van der Waals surface area contributed by atoms with E-state index in [9.17, 15) is 30.6 Å². The summed E-state index contributed by atoms with van der Waals surface area (Å²) in [5.41, 5.74) is -1.42. The van der Waals surface area contributed by atoms with Crippen molar-refractivity contribution in [1.82, 2.24) is 0 Å². The topological polar surface area (TPSA) is 232 Å². The van der Waals surface area contributed by atoms with Crippen molar-refractivity contribution >= 4 is 151 Å². The molecule has 36 heteroatoms. The second-order valence-corrected chi connectivity index (χ2v) is 129. The number of rotatable bonds is 62. The molecule has 0 bridgehead atoms. The Morgan fingerprint density at radius 3 is 0.488 bits per heavy atom. The van der Waals surface area contributed by atoms with Crippen LogP contribution in [0.25, 0.3) is 0 Å². The molecular weight excluding hydrogens is 1810 g/mol. The molecule has 6 N–H and O–H groups in total. The summed E-state index contributed by atoms with van der Waals surface area (Å²) in [7, 11) is -34.9. The molecule has 4 unspecified atom stereocenters. The molecule has 0 aromatic heterocycles. The summed E-state index contributed by atoms with van der Waals surface area (Å²) in [6.45, 7) is 113. The van der Waals surface area contributed by atoms with Crippen LogP contribution in [0.15, 0.2) is 0 Å². The molecule has 18 nitrogen and oxygen atoms in total. The molecule has 0 heterocycles. The van der Waals surface area contributed by atoms with Crippen molar-refractivity contribution < 1.29 is 80.0 Å². The molecule has 121 heavy (non-hydrogen) atoms. The van der Waals surface area contributed by atoms with Gasteiger partial charge in [-0.2, -0.15) is 0 Å². The minimum atomic E-state index is -2.41. The SMILES string of the molecule is CC(C)(CCC(CO)(CO)CCC(C)(C)C[Si](C)(O[Si](C)(C)C)O[Si](C)(C)C)C[Si](C)(O[Si](C)(C)C)O[Si](C)(C)C.CC(CCC(CO)(CO)CCC(C)C[Si](C)(O[Si](C)(C)C)O[Si](C)(C)C)C[Si](C)(O[Si](C)(C)C)O[Si](C)(C)C.CC(CCCC(CO)(CO)CCCC(C)C[Si](C)(O[Si](C)(C)C)O[Si](C)(C)C)C[Si](C)(O[Si](C)(C)C)O[Si](C)(C)C. The number of aliphatic hydroxyl groups excluding tert-OH is 6. The Hall–Kier alpha value is 3.18. The zero-order valence-electron chi connectivity index (χ0n) is 89.8. The third-order valence-corrected chi connectivity index (χ3v) is 79.6. The van der Waals surface area contributed by atoms with E-state index in [4.69, 9.17) is 49.4 Å². The minimum Gasteiger partial charge on any atom is -0.437 e. The smallest absolute Gasteiger partial charge is 0.314 e. The van der Waals surface area contributed by atoms with Crippen LogP contribution in [-0.4, -0.2) is 221 Å². The molecule has 0 spiro atoms. The van der Waals surface area contributed by atoms with Gasteiger partial charge in [0.1, 0.15) is 0 Å². The van der Waals surface area contributed by atoms with Crippen molar-refractivity contribution in [2.45, 2.75) is 457 Å². The highest BCUT2D eigenvalue weighted by atomic mass is 28.5. The van der Waals surface area contributed by atoms with Crippen LogP contribution < -0.4 is 0 Å². The van der Waals surface area contributed by atoms with Gasteiger partial charge in [0.05, 0.1) is 39.6 Å². The van der Waals surface area contributed by atoms with Gasteiger partial charge in [-0.05, 0) is 397 Å². The second kappa shape index (κ2) is 50.3. The fourth-order valence-electron chi connectivity index (χ4n) is 18.7. The largest absolute Gasteiger partial charge is 0.437 e. The van der Waals surface area contributed by atoms with E-state index < -0.39 is 167 Å². The fraction of sp³-hybridized carbons (Fsp3) is 1.00. The van der Waals surface area contributed by atoms with E-state index in [-0.39, 0.29) is 50.5 Å². The first-order valence-corrected chi connectivity index (χ1v) is 103. The van der Waals surface area contributed by atoms with E-state index in [1.165, 1.54) is 0 Å². The van der Waals surface area contributed by atoms with E-state index >= 15 is 0 Å². The van der Waals surface area contributed by atoms with Gasteiger partial charge in [-0.1, -0.05) is 93.9 Å². The van der Waals surface area contributed by atoms with Crippen molar-refractivity contribution in [3.8, 4) is 0 Å². The maximum absolute atomic E-state index is 10.6. The lowest BCUT2D eigenvalue weighted by Gasteiger charge is -2.44.